The molecule has 3 rings (SSSR count). The zero-order valence-electron chi connectivity index (χ0n) is 18.3. The van der Waals surface area contributed by atoms with Crippen LogP contribution in [-0.2, 0) is 9.84 Å². The molecule has 0 radical (unpaired) electrons. The molecule has 0 aliphatic carbocycles. The van der Waals surface area contributed by atoms with E-state index in [1.807, 2.05) is 0 Å². The standard InChI is InChI=1S/C21H23N3O8S/c1-31-16-4-5-18(19(13-16)32-2)21(26)23-8-6-22(7-9-23)20(25)14-10-15(24(27)28)12-17(11-14)33(3,29)30/h4-5,10-13H,6-9H2,1-3H3. The van der Waals surface area contributed by atoms with E-state index in [9.17, 15) is 28.1 Å². The zero-order valence-corrected chi connectivity index (χ0v) is 19.1. The van der Waals surface area contributed by atoms with E-state index in [0.717, 1.165) is 24.5 Å². The molecule has 0 unspecified atom stereocenters. The minimum atomic E-state index is -3.76. The summed E-state index contributed by atoms with van der Waals surface area (Å²) >= 11 is 0. The maximum atomic E-state index is 13.0. The zero-order chi connectivity index (χ0) is 24.3. The molecule has 0 bridgehead atoms. The van der Waals surface area contributed by atoms with E-state index in [4.69, 9.17) is 9.47 Å². The maximum absolute atomic E-state index is 13.0. The number of hydrogen-bond acceptors (Lipinski definition) is 8. The number of sulfone groups is 1. The normalized spacial score (nSPS) is 14.0. The van der Waals surface area contributed by atoms with Crippen LogP contribution in [0, 0.1) is 10.1 Å². The minimum Gasteiger partial charge on any atom is -0.497 e. The maximum Gasteiger partial charge on any atom is 0.271 e. The topological polar surface area (TPSA) is 136 Å². The Morgan fingerprint density at radius 1 is 0.939 bits per heavy atom. The average Bonchev–Trinajstić information content (AvgIpc) is 2.81. The SMILES string of the molecule is COc1ccc(C(=O)N2CCN(C(=O)c3cc([N+](=O)[O-])cc(S(C)(=O)=O)c3)CC2)c(OC)c1. The summed E-state index contributed by atoms with van der Waals surface area (Å²) < 4.78 is 34.2. The molecule has 0 spiro atoms. The highest BCUT2D eigenvalue weighted by atomic mass is 32.2. The number of non-ortho nitro benzene ring substituents is 1. The minimum absolute atomic E-state index is 0.0961. The lowest BCUT2D eigenvalue weighted by Crippen LogP contribution is -2.50. The Morgan fingerprint density at radius 2 is 1.55 bits per heavy atom. The molecular formula is C21H23N3O8S. The van der Waals surface area contributed by atoms with Crippen molar-refractivity contribution in [2.45, 2.75) is 4.90 Å². The molecule has 1 heterocycles. The average molecular weight is 477 g/mol. The van der Waals surface area contributed by atoms with Gasteiger partial charge in [-0.15, -0.1) is 0 Å². The van der Waals surface area contributed by atoms with Crippen LogP contribution in [0.4, 0.5) is 5.69 Å². The number of nitro benzene ring substituents is 1. The number of benzene rings is 2. The Hall–Kier alpha value is -3.67. The van der Waals surface area contributed by atoms with E-state index in [0.29, 0.717) is 17.1 Å². The number of amides is 2. The van der Waals surface area contributed by atoms with Crippen LogP contribution < -0.4 is 9.47 Å². The molecule has 1 aliphatic rings. The summed E-state index contributed by atoms with van der Waals surface area (Å²) in [5.41, 5.74) is -0.225. The van der Waals surface area contributed by atoms with E-state index in [2.05, 4.69) is 0 Å². The first-order chi connectivity index (χ1) is 15.5. The molecule has 1 fully saturated rings. The molecule has 2 aromatic rings. The van der Waals surface area contributed by atoms with Gasteiger partial charge in [-0.3, -0.25) is 19.7 Å². The van der Waals surface area contributed by atoms with Crippen LogP contribution in [0.15, 0.2) is 41.3 Å². The van der Waals surface area contributed by atoms with Gasteiger partial charge in [-0.2, -0.15) is 0 Å². The third kappa shape index (κ3) is 5.22. The summed E-state index contributed by atoms with van der Waals surface area (Å²) in [4.78, 5) is 39.1. The molecule has 1 aliphatic heterocycles. The highest BCUT2D eigenvalue weighted by Crippen LogP contribution is 2.27. The van der Waals surface area contributed by atoms with Crippen molar-refractivity contribution in [3.05, 3.63) is 57.6 Å². The Bertz CT molecular complexity index is 1200. The Kier molecular flexibility index (Phi) is 6.86. The number of hydrogen-bond donors (Lipinski definition) is 0. The van der Waals surface area contributed by atoms with Gasteiger partial charge in [-0.05, 0) is 18.2 Å². The first-order valence-corrected chi connectivity index (χ1v) is 11.7. The van der Waals surface area contributed by atoms with E-state index in [1.54, 1.807) is 23.1 Å². The second-order valence-electron chi connectivity index (χ2n) is 7.40. The first-order valence-electron chi connectivity index (χ1n) is 9.85. The van der Waals surface area contributed by atoms with E-state index in [1.165, 1.54) is 19.1 Å². The predicted octanol–water partition coefficient (Wildman–Crippen LogP) is 1.61. The summed E-state index contributed by atoms with van der Waals surface area (Å²) in [7, 11) is -0.800. The van der Waals surface area contributed by atoms with Crippen LogP contribution >= 0.6 is 0 Å². The number of methoxy groups -OCH3 is 2. The third-order valence-electron chi connectivity index (χ3n) is 5.27. The molecule has 12 heteroatoms. The van der Waals surface area contributed by atoms with Crippen molar-refractivity contribution < 1.29 is 32.4 Å². The molecule has 0 aromatic heterocycles. The number of carbonyl (C=O) groups excluding carboxylic acids is 2. The molecule has 2 aromatic carbocycles. The van der Waals surface area contributed by atoms with Gasteiger partial charge in [0.15, 0.2) is 9.84 Å². The van der Waals surface area contributed by atoms with Gasteiger partial charge in [-0.1, -0.05) is 0 Å². The van der Waals surface area contributed by atoms with Crippen molar-refractivity contribution in [3.8, 4) is 11.5 Å². The third-order valence-corrected chi connectivity index (χ3v) is 6.36. The summed E-state index contributed by atoms with van der Waals surface area (Å²) in [6, 6.07) is 7.96. The molecule has 2 amide bonds. The second kappa shape index (κ2) is 9.45. The summed E-state index contributed by atoms with van der Waals surface area (Å²) in [5.74, 6) is 0.0982. The van der Waals surface area contributed by atoms with Crippen molar-refractivity contribution >= 4 is 27.3 Å². The lowest BCUT2D eigenvalue weighted by atomic mass is 10.1. The molecule has 1 saturated heterocycles. The monoisotopic (exact) mass is 477 g/mol. The lowest BCUT2D eigenvalue weighted by Gasteiger charge is -2.35. The van der Waals surface area contributed by atoms with Gasteiger partial charge in [0, 0.05) is 56.2 Å². The predicted molar refractivity (Wildman–Crippen MR) is 118 cm³/mol. The number of nitro groups is 1. The van der Waals surface area contributed by atoms with Gasteiger partial charge in [-0.25, -0.2) is 8.42 Å². The van der Waals surface area contributed by atoms with Crippen molar-refractivity contribution in [2.24, 2.45) is 0 Å². The summed E-state index contributed by atoms with van der Waals surface area (Å²) in [6.07, 6.45) is 0.915. The molecular weight excluding hydrogens is 454 g/mol. The lowest BCUT2D eigenvalue weighted by molar-refractivity contribution is -0.385. The second-order valence-corrected chi connectivity index (χ2v) is 9.41. The van der Waals surface area contributed by atoms with Crippen molar-refractivity contribution in [1.29, 1.82) is 0 Å². The highest BCUT2D eigenvalue weighted by molar-refractivity contribution is 7.90. The van der Waals surface area contributed by atoms with Crippen molar-refractivity contribution in [1.82, 2.24) is 9.80 Å². The van der Waals surface area contributed by atoms with Crippen LogP contribution in [-0.4, -0.2) is 81.6 Å². The van der Waals surface area contributed by atoms with Gasteiger partial charge in [0.2, 0.25) is 0 Å². The molecule has 176 valence electrons. The van der Waals surface area contributed by atoms with E-state index >= 15 is 0 Å². The number of piperazine rings is 1. The largest absolute Gasteiger partial charge is 0.497 e. The number of ether oxygens (including phenoxy) is 2. The van der Waals surface area contributed by atoms with Crippen LogP contribution in [0.2, 0.25) is 0 Å². The molecule has 0 atom stereocenters. The van der Waals surface area contributed by atoms with Crippen molar-refractivity contribution in [2.75, 3.05) is 46.7 Å². The van der Waals surface area contributed by atoms with Gasteiger partial charge in [0.1, 0.15) is 11.5 Å². The summed E-state index contributed by atoms with van der Waals surface area (Å²) in [5, 5.41) is 11.2. The molecule has 11 nitrogen and oxygen atoms in total. The fourth-order valence-corrected chi connectivity index (χ4v) is 4.14. The van der Waals surface area contributed by atoms with E-state index < -0.39 is 26.4 Å². The highest BCUT2D eigenvalue weighted by Gasteiger charge is 2.28. The molecule has 0 saturated carbocycles. The van der Waals surface area contributed by atoms with E-state index in [-0.39, 0.29) is 42.5 Å². The number of rotatable bonds is 6. The Morgan fingerprint density at radius 3 is 2.06 bits per heavy atom. The van der Waals surface area contributed by atoms with Crippen LogP contribution in [0.1, 0.15) is 20.7 Å². The number of carbonyl (C=O) groups is 2. The van der Waals surface area contributed by atoms with Gasteiger partial charge < -0.3 is 19.3 Å². The fourth-order valence-electron chi connectivity index (χ4n) is 3.47. The first kappa shape index (κ1) is 24.0. The van der Waals surface area contributed by atoms with Crippen molar-refractivity contribution in [3.63, 3.8) is 0 Å². The smallest absolute Gasteiger partial charge is 0.271 e. The molecule has 33 heavy (non-hydrogen) atoms. The quantitative estimate of drug-likeness (QED) is 0.452. The van der Waals surface area contributed by atoms with Crippen LogP contribution in [0.5, 0.6) is 11.5 Å². The number of nitrogens with zero attached hydrogens (tertiary/aromatic N) is 3. The summed E-state index contributed by atoms with van der Waals surface area (Å²) in [6.45, 7) is 0.821. The molecule has 0 N–H and O–H groups in total. The van der Waals surface area contributed by atoms with Gasteiger partial charge >= 0.3 is 0 Å². The Labute approximate surface area is 190 Å². The van der Waals surface area contributed by atoms with Crippen LogP contribution in [0.3, 0.4) is 0 Å². The van der Waals surface area contributed by atoms with Gasteiger partial charge in [0.25, 0.3) is 17.5 Å². The van der Waals surface area contributed by atoms with Crippen LogP contribution in [0.25, 0.3) is 0 Å². The fraction of sp³-hybridized carbons (Fsp3) is 0.333. The van der Waals surface area contributed by atoms with Gasteiger partial charge in [0.05, 0.1) is 29.6 Å². The Balaban J connectivity index is 1.76.